The average molecular weight is 398 g/mol. The molecule has 1 aromatic rings. The molecule has 0 aromatic carbocycles. The number of hydrogen-bond donors (Lipinski definition) is 2. The van der Waals surface area contributed by atoms with Crippen LogP contribution in [-0.4, -0.2) is 59.2 Å². The normalized spacial score (nSPS) is 27.7. The molecule has 3 atom stereocenters. The predicted molar refractivity (Wildman–Crippen MR) is 95.3 cm³/mol. The maximum absolute atomic E-state index is 12.8. The Balaban J connectivity index is 1.86. The highest BCUT2D eigenvalue weighted by molar-refractivity contribution is 8.03. The fourth-order valence-corrected chi connectivity index (χ4v) is 5.24. The number of methoxy groups -OCH3 is 2. The summed E-state index contributed by atoms with van der Waals surface area (Å²) in [7, 11) is 2.69. The Morgan fingerprint density at radius 2 is 2.15 bits per heavy atom. The first-order valence-corrected chi connectivity index (χ1v) is 9.47. The molecule has 2 amide bonds. The highest BCUT2D eigenvalue weighted by atomic mass is 32.2. The van der Waals surface area contributed by atoms with E-state index in [1.807, 2.05) is 17.5 Å². The molecule has 0 bridgehead atoms. The number of carbonyl (C=O) groups is 3. The van der Waals surface area contributed by atoms with E-state index in [1.54, 1.807) is 6.92 Å². The Kier molecular flexibility index (Phi) is 5.00. The smallest absolute Gasteiger partial charge is 0.334 e. The quantitative estimate of drug-likeness (QED) is 0.544. The number of aliphatic carboxylic acids is 1. The van der Waals surface area contributed by atoms with Crippen molar-refractivity contribution in [3.8, 4) is 0 Å². The molecule has 2 aliphatic rings. The van der Waals surface area contributed by atoms with Crippen molar-refractivity contribution in [3.63, 3.8) is 0 Å². The van der Waals surface area contributed by atoms with Gasteiger partial charge >= 0.3 is 5.97 Å². The van der Waals surface area contributed by atoms with Crippen LogP contribution in [0.25, 0.3) is 0 Å². The van der Waals surface area contributed by atoms with Crippen molar-refractivity contribution in [1.29, 1.82) is 0 Å². The molecule has 8 nitrogen and oxygen atoms in total. The van der Waals surface area contributed by atoms with Gasteiger partial charge in [0, 0.05) is 16.9 Å². The summed E-state index contributed by atoms with van der Waals surface area (Å²) in [6.45, 7) is 1.72. The molecule has 2 N–H and O–H groups in total. The lowest BCUT2D eigenvalue weighted by Crippen LogP contribution is -2.83. The molecule has 1 saturated heterocycles. The number of nitrogens with one attached hydrogen (secondary N) is 1. The van der Waals surface area contributed by atoms with E-state index in [9.17, 15) is 19.5 Å². The summed E-state index contributed by atoms with van der Waals surface area (Å²) in [5.41, 5.74) is -1.59. The van der Waals surface area contributed by atoms with Gasteiger partial charge in [-0.15, -0.1) is 11.3 Å². The van der Waals surface area contributed by atoms with Crippen LogP contribution in [0.1, 0.15) is 11.8 Å². The van der Waals surface area contributed by atoms with Gasteiger partial charge in [0.05, 0.1) is 13.5 Å². The molecular weight excluding hydrogens is 380 g/mol. The summed E-state index contributed by atoms with van der Waals surface area (Å²) in [5.74, 6) is -1.96. The maximum atomic E-state index is 12.8. The number of ether oxygens (including phenoxy) is 2. The van der Waals surface area contributed by atoms with Crippen LogP contribution in [0.4, 0.5) is 0 Å². The molecule has 2 aliphatic heterocycles. The number of amides is 2. The van der Waals surface area contributed by atoms with Crippen molar-refractivity contribution in [2.24, 2.45) is 0 Å². The van der Waals surface area contributed by atoms with Crippen LogP contribution in [0.5, 0.6) is 0 Å². The van der Waals surface area contributed by atoms with Gasteiger partial charge in [0.15, 0.2) is 6.04 Å². The molecular formula is C16H18N2O6S2. The molecule has 3 heterocycles. The highest BCUT2D eigenvalue weighted by Crippen LogP contribution is 2.49. The molecule has 10 heteroatoms. The topological polar surface area (TPSA) is 105 Å². The molecule has 0 saturated carbocycles. The van der Waals surface area contributed by atoms with Gasteiger partial charge in [0.2, 0.25) is 5.91 Å². The predicted octanol–water partition coefficient (Wildman–Crippen LogP) is 0.996. The largest absolute Gasteiger partial charge is 0.497 e. The number of thiophene rings is 1. The Hall–Kier alpha value is -2.04. The molecule has 0 aliphatic carbocycles. The van der Waals surface area contributed by atoms with Gasteiger partial charge in [-0.3, -0.25) is 9.59 Å². The van der Waals surface area contributed by atoms with E-state index in [4.69, 9.17) is 9.47 Å². The lowest BCUT2D eigenvalue weighted by Gasteiger charge is -2.57. The maximum Gasteiger partial charge on any atom is 0.334 e. The fourth-order valence-electron chi connectivity index (χ4n) is 3.13. The lowest BCUT2D eigenvalue weighted by atomic mass is 9.96. The first-order valence-electron chi connectivity index (χ1n) is 7.71. The van der Waals surface area contributed by atoms with Crippen LogP contribution in [0.3, 0.4) is 0 Å². The van der Waals surface area contributed by atoms with Gasteiger partial charge in [-0.2, -0.15) is 0 Å². The third-order valence-electron chi connectivity index (χ3n) is 4.33. The van der Waals surface area contributed by atoms with E-state index in [-0.39, 0.29) is 18.1 Å². The van der Waals surface area contributed by atoms with Crippen LogP contribution < -0.4 is 5.32 Å². The summed E-state index contributed by atoms with van der Waals surface area (Å²) in [4.78, 5) is 39.6. The van der Waals surface area contributed by atoms with E-state index < -0.39 is 29.0 Å². The third kappa shape index (κ3) is 2.78. The molecule has 1 aromatic heterocycles. The zero-order chi connectivity index (χ0) is 19.1. The van der Waals surface area contributed by atoms with Crippen LogP contribution in [0, 0.1) is 0 Å². The first kappa shape index (κ1) is 18.7. The van der Waals surface area contributed by atoms with E-state index in [0.29, 0.717) is 4.91 Å². The van der Waals surface area contributed by atoms with Gasteiger partial charge in [-0.1, -0.05) is 17.8 Å². The third-order valence-corrected chi connectivity index (χ3v) is 6.54. The molecule has 26 heavy (non-hydrogen) atoms. The number of hydrogen-bond acceptors (Lipinski definition) is 7. The summed E-state index contributed by atoms with van der Waals surface area (Å²) in [6.07, 6.45) is 0.119. The number of rotatable bonds is 6. The molecule has 0 spiro atoms. The van der Waals surface area contributed by atoms with Crippen LogP contribution in [-0.2, 0) is 30.3 Å². The monoisotopic (exact) mass is 398 g/mol. The number of β-lactam (4-membered cyclic amide) rings is 1. The summed E-state index contributed by atoms with van der Waals surface area (Å²) in [5, 5.41) is 13.4. The minimum atomic E-state index is -1.59. The van der Waals surface area contributed by atoms with E-state index >= 15 is 0 Å². The molecule has 1 fully saturated rings. The van der Waals surface area contributed by atoms with Crippen molar-refractivity contribution in [3.05, 3.63) is 33.1 Å². The van der Waals surface area contributed by atoms with E-state index in [2.05, 4.69) is 5.32 Å². The zero-order valence-electron chi connectivity index (χ0n) is 14.3. The van der Waals surface area contributed by atoms with E-state index in [1.165, 1.54) is 42.2 Å². The number of carboxylic acids is 1. The minimum absolute atomic E-state index is 0.119. The van der Waals surface area contributed by atoms with Gasteiger partial charge in [-0.05, 0) is 18.4 Å². The first-order chi connectivity index (χ1) is 12.4. The summed E-state index contributed by atoms with van der Waals surface area (Å²) >= 11 is 2.67. The molecule has 3 rings (SSSR count). The lowest BCUT2D eigenvalue weighted by molar-refractivity contribution is -0.203. The minimum Gasteiger partial charge on any atom is -0.497 e. The summed E-state index contributed by atoms with van der Waals surface area (Å²) < 4.78 is 10.6. The van der Waals surface area contributed by atoms with Crippen molar-refractivity contribution in [2.75, 3.05) is 14.2 Å². The van der Waals surface area contributed by atoms with Crippen molar-refractivity contribution in [2.45, 2.75) is 30.5 Å². The zero-order valence-corrected chi connectivity index (χ0v) is 16.0. The van der Waals surface area contributed by atoms with Crippen LogP contribution in [0.2, 0.25) is 0 Å². The van der Waals surface area contributed by atoms with Crippen molar-refractivity contribution >= 4 is 40.9 Å². The van der Waals surface area contributed by atoms with Gasteiger partial charge in [0.25, 0.3) is 11.6 Å². The van der Waals surface area contributed by atoms with E-state index in [0.717, 1.165) is 4.88 Å². The SMILES string of the molecule is COC1=C(C)S[C@H]2N(C(=O)C2(NC(=O)Cc2cccs2)OC)C1C(=O)O. The van der Waals surface area contributed by atoms with Gasteiger partial charge in [-0.25, -0.2) is 4.79 Å². The van der Waals surface area contributed by atoms with Gasteiger partial charge in [0.1, 0.15) is 11.1 Å². The standard InChI is InChI=1S/C16H18N2O6S2/c1-8-12(23-2)11(13(20)21)18-14(22)16(24-3,15(18)26-8)17-10(19)7-9-5-4-6-25-9/h4-6,11,15H,7H2,1-3H3,(H,17,19)(H,20,21)/t11?,15-,16?/m1/s1. The number of carboxylic acid groups (broad SMARTS) is 1. The summed E-state index contributed by atoms with van der Waals surface area (Å²) in [6, 6.07) is 2.42. The molecule has 0 radical (unpaired) electrons. The Bertz CT molecular complexity index is 778. The van der Waals surface area contributed by atoms with Crippen LogP contribution in [0.15, 0.2) is 28.2 Å². The number of allylic oxidation sites excluding steroid dienone is 1. The second kappa shape index (κ2) is 6.93. The Morgan fingerprint density at radius 3 is 2.69 bits per heavy atom. The van der Waals surface area contributed by atoms with Crippen LogP contribution >= 0.6 is 23.1 Å². The Morgan fingerprint density at radius 1 is 1.42 bits per heavy atom. The average Bonchev–Trinajstić information content (AvgIpc) is 3.11. The highest BCUT2D eigenvalue weighted by Gasteiger charge is 2.68. The van der Waals surface area contributed by atoms with Crippen molar-refractivity contribution in [1.82, 2.24) is 10.2 Å². The second-order valence-electron chi connectivity index (χ2n) is 5.79. The Labute approximate surface area is 158 Å². The molecule has 140 valence electrons. The fraction of sp³-hybridized carbons (Fsp3) is 0.438. The molecule has 2 unspecified atom stereocenters. The number of nitrogens with zero attached hydrogens (tertiary/aromatic N) is 1. The van der Waals surface area contributed by atoms with Gasteiger partial charge < -0.3 is 24.8 Å². The number of thioether (sulfide) groups is 1. The number of fused-ring (bicyclic) bond motifs is 1. The second-order valence-corrected chi connectivity index (χ2v) is 8.12. The number of carbonyl (C=O) groups excluding carboxylic acids is 2. The van der Waals surface area contributed by atoms with Crippen molar-refractivity contribution < 1.29 is 29.0 Å².